The summed E-state index contributed by atoms with van der Waals surface area (Å²) in [6, 6.07) is 11.3. The van der Waals surface area contributed by atoms with Crippen LogP contribution < -0.4 is 0 Å². The number of benzene rings is 1. The van der Waals surface area contributed by atoms with Crippen LogP contribution in [-0.4, -0.2) is 22.7 Å². The largest absolute Gasteiger partial charge is 0.463 e. The van der Waals surface area contributed by atoms with Crippen molar-refractivity contribution < 1.29 is 14.6 Å². The van der Waals surface area contributed by atoms with E-state index in [1.807, 2.05) is 37.3 Å². The molecule has 0 radical (unpaired) electrons. The Morgan fingerprint density at radius 3 is 2.65 bits per heavy atom. The lowest BCUT2D eigenvalue weighted by Crippen LogP contribution is -2.14. The highest BCUT2D eigenvalue weighted by Gasteiger charge is 2.23. The predicted molar refractivity (Wildman–Crippen MR) is 90.2 cm³/mol. The molecule has 23 heavy (non-hydrogen) atoms. The van der Waals surface area contributed by atoms with Crippen molar-refractivity contribution in [3.8, 4) is 11.3 Å². The minimum absolute atomic E-state index is 0.0672. The van der Waals surface area contributed by atoms with Gasteiger partial charge in [-0.25, -0.2) is 9.78 Å². The Labute approximate surface area is 140 Å². The van der Waals surface area contributed by atoms with Gasteiger partial charge in [-0.05, 0) is 25.5 Å². The van der Waals surface area contributed by atoms with Crippen molar-refractivity contribution in [2.24, 2.45) is 0 Å². The van der Waals surface area contributed by atoms with Crippen molar-refractivity contribution in [3.05, 3.63) is 64.8 Å². The second-order valence-corrected chi connectivity index (χ2v) is 5.41. The van der Waals surface area contributed by atoms with E-state index >= 15 is 0 Å². The Morgan fingerprint density at radius 2 is 2.04 bits per heavy atom. The maximum atomic E-state index is 11.7. The molecule has 5 heteroatoms. The maximum Gasteiger partial charge on any atom is 0.336 e. The third kappa shape index (κ3) is 3.78. The molecule has 4 nitrogen and oxygen atoms in total. The number of esters is 1. The van der Waals surface area contributed by atoms with Crippen LogP contribution in [-0.2, 0) is 9.53 Å². The number of aliphatic hydroxyl groups excluding tert-OH is 1. The van der Waals surface area contributed by atoms with Crippen molar-refractivity contribution in [1.29, 1.82) is 0 Å². The quantitative estimate of drug-likeness (QED) is 0.513. The summed E-state index contributed by atoms with van der Waals surface area (Å²) in [6.45, 7) is 7.36. The van der Waals surface area contributed by atoms with Crippen molar-refractivity contribution in [2.75, 3.05) is 6.61 Å². The molecule has 0 fully saturated rings. The number of ether oxygens (including phenoxy) is 1. The van der Waals surface area contributed by atoms with E-state index in [2.05, 4.69) is 11.6 Å². The summed E-state index contributed by atoms with van der Waals surface area (Å²) in [7, 11) is 0. The van der Waals surface area contributed by atoms with Crippen LogP contribution in [0.1, 0.15) is 24.2 Å². The van der Waals surface area contributed by atoms with Crippen LogP contribution in [0.5, 0.6) is 0 Å². The Balaban J connectivity index is 2.37. The highest BCUT2D eigenvalue weighted by molar-refractivity contribution is 6.30. The van der Waals surface area contributed by atoms with Gasteiger partial charge in [-0.2, -0.15) is 0 Å². The number of carbonyl (C=O) groups is 1. The average molecular weight is 332 g/mol. The molecule has 2 rings (SSSR count). The number of halogens is 1. The van der Waals surface area contributed by atoms with E-state index in [-0.39, 0.29) is 17.3 Å². The summed E-state index contributed by atoms with van der Waals surface area (Å²) in [5.74, 6) is -0.652. The van der Waals surface area contributed by atoms with E-state index in [0.29, 0.717) is 5.56 Å². The molecule has 1 aromatic carbocycles. The van der Waals surface area contributed by atoms with E-state index in [9.17, 15) is 9.90 Å². The van der Waals surface area contributed by atoms with Crippen molar-refractivity contribution >= 4 is 17.6 Å². The molecule has 1 unspecified atom stereocenters. The first-order valence-electron chi connectivity index (χ1n) is 7.22. The number of hydrogen-bond donors (Lipinski definition) is 1. The fourth-order valence-corrected chi connectivity index (χ4v) is 2.46. The Hall–Kier alpha value is -2.17. The van der Waals surface area contributed by atoms with E-state index in [1.54, 1.807) is 13.0 Å². The zero-order valence-electron chi connectivity index (χ0n) is 13.0. The van der Waals surface area contributed by atoms with Gasteiger partial charge < -0.3 is 9.84 Å². The summed E-state index contributed by atoms with van der Waals surface area (Å²) in [6.07, 6.45) is -1.25. The SMILES string of the molecule is C=C(C(=O)OCC)C(O)c1cc(C)c(-c2ccccc2)nc1Cl. The predicted octanol–water partition coefficient (Wildman–Crippen LogP) is 3.86. The number of aromatic nitrogens is 1. The van der Waals surface area contributed by atoms with E-state index < -0.39 is 12.1 Å². The normalized spacial score (nSPS) is 11.8. The molecule has 1 heterocycles. The number of rotatable bonds is 5. The number of pyridine rings is 1. The molecular weight excluding hydrogens is 314 g/mol. The van der Waals surface area contributed by atoms with E-state index in [0.717, 1.165) is 16.8 Å². The molecule has 0 spiro atoms. The number of aryl methyl sites for hydroxylation is 1. The van der Waals surface area contributed by atoms with Gasteiger partial charge in [-0.1, -0.05) is 48.5 Å². The third-order valence-corrected chi connectivity index (χ3v) is 3.71. The van der Waals surface area contributed by atoms with Gasteiger partial charge in [-0.3, -0.25) is 0 Å². The van der Waals surface area contributed by atoms with Crippen LogP contribution in [0.3, 0.4) is 0 Å². The highest BCUT2D eigenvalue weighted by Crippen LogP contribution is 2.31. The van der Waals surface area contributed by atoms with Gasteiger partial charge in [0, 0.05) is 11.1 Å². The van der Waals surface area contributed by atoms with E-state index in [4.69, 9.17) is 16.3 Å². The van der Waals surface area contributed by atoms with Crippen LogP contribution >= 0.6 is 11.6 Å². The van der Waals surface area contributed by atoms with Crippen LogP contribution in [0.2, 0.25) is 5.15 Å². The monoisotopic (exact) mass is 331 g/mol. The lowest BCUT2D eigenvalue weighted by atomic mass is 10.00. The zero-order valence-corrected chi connectivity index (χ0v) is 13.8. The Bertz CT molecular complexity index is 729. The van der Waals surface area contributed by atoms with Gasteiger partial charge in [0.1, 0.15) is 11.3 Å². The standard InChI is InChI=1S/C18H18ClNO3/c1-4-23-18(22)12(3)16(21)14-10-11(2)15(20-17(14)19)13-8-6-5-7-9-13/h5-10,16,21H,3-4H2,1-2H3. The molecule has 0 amide bonds. The lowest BCUT2D eigenvalue weighted by molar-refractivity contribution is -0.139. The smallest absolute Gasteiger partial charge is 0.336 e. The molecule has 1 aromatic heterocycles. The molecule has 0 aliphatic heterocycles. The van der Waals surface area contributed by atoms with Gasteiger partial charge in [0.05, 0.1) is 17.9 Å². The minimum Gasteiger partial charge on any atom is -0.463 e. The van der Waals surface area contributed by atoms with Crippen molar-refractivity contribution in [2.45, 2.75) is 20.0 Å². The molecule has 1 N–H and O–H groups in total. The number of nitrogens with zero attached hydrogens (tertiary/aromatic N) is 1. The van der Waals surface area contributed by atoms with Gasteiger partial charge in [0.15, 0.2) is 0 Å². The molecule has 120 valence electrons. The summed E-state index contributed by atoms with van der Waals surface area (Å²) < 4.78 is 4.85. The first-order valence-corrected chi connectivity index (χ1v) is 7.60. The second kappa shape index (κ2) is 7.40. The second-order valence-electron chi connectivity index (χ2n) is 5.05. The van der Waals surface area contributed by atoms with E-state index in [1.165, 1.54) is 0 Å². The van der Waals surface area contributed by atoms with Crippen LogP contribution in [0.25, 0.3) is 11.3 Å². The van der Waals surface area contributed by atoms with Crippen molar-refractivity contribution in [1.82, 2.24) is 4.98 Å². The summed E-state index contributed by atoms with van der Waals surface area (Å²) in [5, 5.41) is 10.5. The fourth-order valence-electron chi connectivity index (χ4n) is 2.22. The van der Waals surface area contributed by atoms with Gasteiger partial charge in [0.2, 0.25) is 0 Å². The van der Waals surface area contributed by atoms with Gasteiger partial charge in [-0.15, -0.1) is 0 Å². The zero-order chi connectivity index (χ0) is 17.0. The van der Waals surface area contributed by atoms with Gasteiger partial charge >= 0.3 is 5.97 Å². The molecule has 1 atom stereocenters. The first-order chi connectivity index (χ1) is 11.0. The summed E-state index contributed by atoms with van der Waals surface area (Å²) in [5.41, 5.74) is 2.76. The average Bonchev–Trinajstić information content (AvgIpc) is 2.56. The molecule has 0 saturated heterocycles. The first kappa shape index (κ1) is 17.2. The number of aliphatic hydroxyl groups is 1. The minimum atomic E-state index is -1.25. The Kier molecular flexibility index (Phi) is 5.53. The molecule has 0 aliphatic rings. The Morgan fingerprint density at radius 1 is 1.39 bits per heavy atom. The van der Waals surface area contributed by atoms with Crippen LogP contribution in [0, 0.1) is 6.92 Å². The van der Waals surface area contributed by atoms with Crippen LogP contribution in [0.15, 0.2) is 48.6 Å². The molecule has 0 saturated carbocycles. The van der Waals surface area contributed by atoms with Gasteiger partial charge in [0.25, 0.3) is 0 Å². The molecule has 0 bridgehead atoms. The molecule has 0 aliphatic carbocycles. The summed E-state index contributed by atoms with van der Waals surface area (Å²) in [4.78, 5) is 16.1. The fraction of sp³-hybridized carbons (Fsp3) is 0.222. The molecular formula is C18H18ClNO3. The van der Waals surface area contributed by atoms with Crippen LogP contribution in [0.4, 0.5) is 0 Å². The maximum absolute atomic E-state index is 11.7. The number of hydrogen-bond acceptors (Lipinski definition) is 4. The highest BCUT2D eigenvalue weighted by atomic mass is 35.5. The number of carbonyl (C=O) groups excluding carboxylic acids is 1. The lowest BCUT2D eigenvalue weighted by Gasteiger charge is -2.16. The van der Waals surface area contributed by atoms with Crippen molar-refractivity contribution in [3.63, 3.8) is 0 Å². The summed E-state index contributed by atoms with van der Waals surface area (Å²) >= 11 is 6.21. The topological polar surface area (TPSA) is 59.4 Å². The molecule has 2 aromatic rings. The third-order valence-electron chi connectivity index (χ3n) is 3.40.